The second-order valence-corrected chi connectivity index (χ2v) is 7.13. The molecule has 0 radical (unpaired) electrons. The third-order valence-corrected chi connectivity index (χ3v) is 4.21. The van der Waals surface area contributed by atoms with Crippen molar-refractivity contribution >= 4 is 5.91 Å². The second-order valence-electron chi connectivity index (χ2n) is 7.13. The number of hydrogen-bond donors (Lipinski definition) is 0. The van der Waals surface area contributed by atoms with Gasteiger partial charge in [0, 0.05) is 25.4 Å². The van der Waals surface area contributed by atoms with Gasteiger partial charge in [-0.15, -0.1) is 0 Å². The molecule has 1 aliphatic heterocycles. The highest BCUT2D eigenvalue weighted by atomic mass is 16.5. The molecule has 2 aromatic rings. The summed E-state index contributed by atoms with van der Waals surface area (Å²) in [5.74, 6) is 2.43. The van der Waals surface area contributed by atoms with E-state index in [1.54, 1.807) is 0 Å². The van der Waals surface area contributed by atoms with E-state index < -0.39 is 0 Å². The van der Waals surface area contributed by atoms with Crippen molar-refractivity contribution in [2.75, 3.05) is 6.54 Å². The van der Waals surface area contributed by atoms with Gasteiger partial charge in [0.2, 0.25) is 11.8 Å². The molecule has 3 rings (SSSR count). The lowest BCUT2D eigenvalue weighted by molar-refractivity contribution is -0.128. The van der Waals surface area contributed by atoms with Gasteiger partial charge in [-0.2, -0.15) is 4.98 Å². The number of ether oxygens (including phenoxy) is 1. The van der Waals surface area contributed by atoms with E-state index in [-0.39, 0.29) is 23.8 Å². The molecule has 134 valence electrons. The van der Waals surface area contributed by atoms with Gasteiger partial charge < -0.3 is 14.2 Å². The molecule has 1 unspecified atom stereocenters. The first kappa shape index (κ1) is 17.5. The van der Waals surface area contributed by atoms with Crippen LogP contribution in [0.25, 0.3) is 0 Å². The molecule has 1 aromatic carbocycles. The summed E-state index contributed by atoms with van der Waals surface area (Å²) in [6, 6.07) is 7.89. The first-order valence-electron chi connectivity index (χ1n) is 8.79. The molecule has 1 amide bonds. The molecule has 6 heteroatoms. The van der Waals surface area contributed by atoms with Crippen LogP contribution in [0.2, 0.25) is 0 Å². The Labute approximate surface area is 148 Å². The van der Waals surface area contributed by atoms with Gasteiger partial charge in [-0.1, -0.05) is 31.1 Å². The summed E-state index contributed by atoms with van der Waals surface area (Å²) >= 11 is 0. The largest absolute Gasteiger partial charge is 0.491 e. The molecule has 0 N–H and O–H groups in total. The number of amides is 1. The summed E-state index contributed by atoms with van der Waals surface area (Å²) in [4.78, 5) is 18.6. The summed E-state index contributed by atoms with van der Waals surface area (Å²) in [6.45, 7) is 9.24. The average molecular weight is 343 g/mol. The van der Waals surface area contributed by atoms with Crippen molar-refractivity contribution < 1.29 is 14.1 Å². The van der Waals surface area contributed by atoms with Gasteiger partial charge in [0.25, 0.3) is 0 Å². The minimum atomic E-state index is -0.0175. The van der Waals surface area contributed by atoms with Crippen molar-refractivity contribution in [3.05, 3.63) is 41.5 Å². The summed E-state index contributed by atoms with van der Waals surface area (Å²) in [7, 11) is 0. The van der Waals surface area contributed by atoms with Gasteiger partial charge in [-0.05, 0) is 31.5 Å². The summed E-state index contributed by atoms with van der Waals surface area (Å²) in [6.07, 6.45) is 0.575. The Bertz CT molecular complexity index is 722. The van der Waals surface area contributed by atoms with Crippen LogP contribution in [0.15, 0.2) is 28.8 Å². The summed E-state index contributed by atoms with van der Waals surface area (Å²) < 4.78 is 11.0. The van der Waals surface area contributed by atoms with Crippen LogP contribution < -0.4 is 4.74 Å². The Hall–Kier alpha value is -2.37. The van der Waals surface area contributed by atoms with Gasteiger partial charge in [0.15, 0.2) is 5.82 Å². The van der Waals surface area contributed by atoms with E-state index in [0.29, 0.717) is 31.2 Å². The molecule has 0 bridgehead atoms. The van der Waals surface area contributed by atoms with Gasteiger partial charge >= 0.3 is 0 Å². The van der Waals surface area contributed by atoms with Crippen LogP contribution in [0.4, 0.5) is 0 Å². The zero-order valence-electron chi connectivity index (χ0n) is 15.2. The van der Waals surface area contributed by atoms with Crippen LogP contribution in [-0.2, 0) is 11.3 Å². The zero-order chi connectivity index (χ0) is 18.0. The van der Waals surface area contributed by atoms with E-state index in [0.717, 1.165) is 11.3 Å². The van der Waals surface area contributed by atoms with Gasteiger partial charge in [0.05, 0.1) is 12.0 Å². The second kappa shape index (κ2) is 7.25. The van der Waals surface area contributed by atoms with E-state index in [9.17, 15) is 4.79 Å². The minimum Gasteiger partial charge on any atom is -0.491 e. The van der Waals surface area contributed by atoms with Crippen molar-refractivity contribution in [1.29, 1.82) is 0 Å². The molecule has 1 fully saturated rings. The Morgan fingerprint density at radius 3 is 2.56 bits per heavy atom. The maximum absolute atomic E-state index is 12.3. The molecule has 0 aliphatic carbocycles. The van der Waals surface area contributed by atoms with Crippen LogP contribution in [0.1, 0.15) is 63.2 Å². The molecule has 6 nitrogen and oxygen atoms in total. The van der Waals surface area contributed by atoms with Crippen LogP contribution in [0.3, 0.4) is 0 Å². The maximum atomic E-state index is 12.3. The van der Waals surface area contributed by atoms with Gasteiger partial charge in [0.1, 0.15) is 5.75 Å². The molecular weight excluding hydrogens is 318 g/mol. The number of rotatable bonds is 6. The van der Waals surface area contributed by atoms with Gasteiger partial charge in [-0.25, -0.2) is 0 Å². The number of likely N-dealkylation sites (tertiary alicyclic amines) is 1. The van der Waals surface area contributed by atoms with Crippen LogP contribution >= 0.6 is 0 Å². The maximum Gasteiger partial charge on any atom is 0.232 e. The number of hydrogen-bond acceptors (Lipinski definition) is 5. The topological polar surface area (TPSA) is 68.5 Å². The fraction of sp³-hybridized carbons (Fsp3) is 0.526. The molecular formula is C19H25N3O3. The minimum absolute atomic E-state index is 0.0175. The molecule has 1 aliphatic rings. The summed E-state index contributed by atoms with van der Waals surface area (Å²) in [5, 5.41) is 4.00. The molecule has 25 heavy (non-hydrogen) atoms. The van der Waals surface area contributed by atoms with Crippen molar-refractivity contribution in [2.45, 2.75) is 58.6 Å². The SMILES string of the molecule is CC(C)Oc1ccc(CN2CC(c3nc(C(C)C)no3)CC2=O)cc1. The van der Waals surface area contributed by atoms with E-state index in [1.165, 1.54) is 0 Å². The number of aromatic nitrogens is 2. The predicted octanol–water partition coefficient (Wildman–Crippen LogP) is 3.50. The lowest BCUT2D eigenvalue weighted by Crippen LogP contribution is -2.24. The standard InChI is InChI=1S/C19H25N3O3/c1-12(2)18-20-19(25-21-18)15-9-17(23)22(11-15)10-14-5-7-16(8-6-14)24-13(3)4/h5-8,12-13,15H,9-11H2,1-4H3. The highest BCUT2D eigenvalue weighted by molar-refractivity contribution is 5.79. The fourth-order valence-electron chi connectivity index (χ4n) is 2.90. The number of carbonyl (C=O) groups excluding carboxylic acids is 1. The Morgan fingerprint density at radius 1 is 1.24 bits per heavy atom. The Balaban J connectivity index is 1.62. The van der Waals surface area contributed by atoms with E-state index in [2.05, 4.69) is 10.1 Å². The third-order valence-electron chi connectivity index (χ3n) is 4.21. The molecule has 1 aromatic heterocycles. The fourth-order valence-corrected chi connectivity index (χ4v) is 2.90. The number of nitrogens with zero attached hydrogens (tertiary/aromatic N) is 3. The summed E-state index contributed by atoms with van der Waals surface area (Å²) in [5.41, 5.74) is 1.08. The predicted molar refractivity (Wildman–Crippen MR) is 93.4 cm³/mol. The van der Waals surface area contributed by atoms with E-state index in [4.69, 9.17) is 9.26 Å². The average Bonchev–Trinajstić information content (AvgIpc) is 3.16. The van der Waals surface area contributed by atoms with Crippen molar-refractivity contribution in [1.82, 2.24) is 15.0 Å². The number of carbonyl (C=O) groups is 1. The lowest BCUT2D eigenvalue weighted by Gasteiger charge is -2.16. The first-order chi connectivity index (χ1) is 11.9. The molecule has 2 heterocycles. The quantitative estimate of drug-likeness (QED) is 0.803. The molecule has 1 atom stereocenters. The Kier molecular flexibility index (Phi) is 5.06. The van der Waals surface area contributed by atoms with Gasteiger partial charge in [-0.3, -0.25) is 4.79 Å². The van der Waals surface area contributed by atoms with Crippen molar-refractivity contribution in [2.24, 2.45) is 0 Å². The third kappa shape index (κ3) is 4.18. The van der Waals surface area contributed by atoms with Crippen LogP contribution in [0.5, 0.6) is 5.75 Å². The lowest BCUT2D eigenvalue weighted by atomic mass is 10.1. The normalized spacial score (nSPS) is 17.8. The van der Waals surface area contributed by atoms with Crippen molar-refractivity contribution in [3.8, 4) is 5.75 Å². The van der Waals surface area contributed by atoms with E-state index >= 15 is 0 Å². The zero-order valence-corrected chi connectivity index (χ0v) is 15.2. The first-order valence-corrected chi connectivity index (χ1v) is 8.79. The molecule has 1 saturated heterocycles. The molecule has 0 spiro atoms. The van der Waals surface area contributed by atoms with Crippen molar-refractivity contribution in [3.63, 3.8) is 0 Å². The van der Waals surface area contributed by atoms with Crippen LogP contribution in [-0.4, -0.2) is 33.6 Å². The molecule has 0 saturated carbocycles. The van der Waals surface area contributed by atoms with Crippen LogP contribution in [0, 0.1) is 0 Å². The smallest absolute Gasteiger partial charge is 0.232 e. The highest BCUT2D eigenvalue weighted by Gasteiger charge is 2.34. The monoisotopic (exact) mass is 343 g/mol. The highest BCUT2D eigenvalue weighted by Crippen LogP contribution is 2.29. The number of benzene rings is 1. The van der Waals surface area contributed by atoms with E-state index in [1.807, 2.05) is 56.9 Å². The Morgan fingerprint density at radius 2 is 1.96 bits per heavy atom.